The average Bonchev–Trinajstić information content (AvgIpc) is 2.93. The van der Waals surface area contributed by atoms with Crippen molar-refractivity contribution in [2.75, 3.05) is 5.32 Å². The van der Waals surface area contributed by atoms with E-state index in [0.29, 0.717) is 17.1 Å². The van der Waals surface area contributed by atoms with E-state index in [9.17, 15) is 4.79 Å². The molecule has 0 saturated heterocycles. The normalized spacial score (nSPS) is 10.9. The number of hydrogen-bond acceptors (Lipinski definition) is 3. The molecule has 0 atom stereocenters. The van der Waals surface area contributed by atoms with Gasteiger partial charge in [-0.25, -0.2) is 4.98 Å². The highest BCUT2D eigenvalue weighted by atomic mass is 35.5. The summed E-state index contributed by atoms with van der Waals surface area (Å²) >= 11 is 7.82. The van der Waals surface area contributed by atoms with Gasteiger partial charge in [-0.2, -0.15) is 0 Å². The Balaban J connectivity index is 1.52. The van der Waals surface area contributed by atoms with Crippen LogP contribution < -0.4 is 5.32 Å². The number of fused-ring (bicyclic) bond motifs is 1. The van der Waals surface area contributed by atoms with Crippen LogP contribution in [0.25, 0.3) is 10.2 Å². The largest absolute Gasteiger partial charge is 0.325 e. The summed E-state index contributed by atoms with van der Waals surface area (Å²) < 4.78 is 1.19. The molecule has 0 aliphatic rings. The van der Waals surface area contributed by atoms with Crippen LogP contribution in [0, 0.1) is 6.92 Å². The number of rotatable bonds is 5. The van der Waals surface area contributed by atoms with Crippen molar-refractivity contribution in [3.63, 3.8) is 0 Å². The number of benzene rings is 2. The molecule has 23 heavy (non-hydrogen) atoms. The number of halogens is 1. The minimum absolute atomic E-state index is 0.0168. The van der Waals surface area contributed by atoms with Gasteiger partial charge in [0.2, 0.25) is 5.91 Å². The Hall–Kier alpha value is -1.91. The molecule has 1 N–H and O–H groups in total. The van der Waals surface area contributed by atoms with Crippen LogP contribution in [0.4, 0.5) is 5.69 Å². The molecule has 118 valence electrons. The van der Waals surface area contributed by atoms with Crippen LogP contribution in [0.5, 0.6) is 0 Å². The lowest BCUT2D eigenvalue weighted by Gasteiger charge is -2.07. The summed E-state index contributed by atoms with van der Waals surface area (Å²) in [6.07, 6.45) is 2.05. The SMILES string of the molecule is Cc1ccc(NC(=O)CCCc2nc3ccccc3s2)c(Cl)c1. The van der Waals surface area contributed by atoms with E-state index in [2.05, 4.69) is 16.4 Å². The summed E-state index contributed by atoms with van der Waals surface area (Å²) in [5, 5.41) is 4.51. The van der Waals surface area contributed by atoms with Crippen LogP contribution in [0.1, 0.15) is 23.4 Å². The smallest absolute Gasteiger partial charge is 0.224 e. The predicted octanol–water partition coefficient (Wildman–Crippen LogP) is 5.22. The van der Waals surface area contributed by atoms with Gasteiger partial charge in [0.1, 0.15) is 0 Å². The van der Waals surface area contributed by atoms with Crippen molar-refractivity contribution in [3.05, 3.63) is 58.1 Å². The lowest BCUT2D eigenvalue weighted by molar-refractivity contribution is -0.116. The number of aryl methyl sites for hydroxylation is 2. The van der Waals surface area contributed by atoms with E-state index >= 15 is 0 Å². The number of carbonyl (C=O) groups excluding carboxylic acids is 1. The Morgan fingerprint density at radius 1 is 1.26 bits per heavy atom. The third-order valence-corrected chi connectivity index (χ3v) is 4.94. The summed E-state index contributed by atoms with van der Waals surface area (Å²) in [5.41, 5.74) is 2.77. The molecule has 3 aromatic rings. The Kier molecular flexibility index (Phi) is 4.94. The van der Waals surface area contributed by atoms with Crippen LogP contribution in [0.2, 0.25) is 5.02 Å². The van der Waals surface area contributed by atoms with Gasteiger partial charge >= 0.3 is 0 Å². The van der Waals surface area contributed by atoms with E-state index in [1.54, 1.807) is 11.3 Å². The third kappa shape index (κ3) is 4.09. The molecular weight excluding hydrogens is 328 g/mol. The molecule has 3 rings (SSSR count). The van der Waals surface area contributed by atoms with Gasteiger partial charge in [-0.05, 0) is 49.6 Å². The summed E-state index contributed by atoms with van der Waals surface area (Å²) in [6, 6.07) is 13.7. The molecule has 0 unspecified atom stereocenters. The molecule has 1 heterocycles. The molecule has 1 aromatic heterocycles. The number of anilines is 1. The maximum Gasteiger partial charge on any atom is 0.224 e. The van der Waals surface area contributed by atoms with Gasteiger partial charge < -0.3 is 5.32 Å². The molecule has 3 nitrogen and oxygen atoms in total. The maximum absolute atomic E-state index is 12.0. The van der Waals surface area contributed by atoms with Gasteiger partial charge in [0.25, 0.3) is 0 Å². The van der Waals surface area contributed by atoms with E-state index in [1.807, 2.05) is 43.3 Å². The number of thiazole rings is 1. The van der Waals surface area contributed by atoms with E-state index in [-0.39, 0.29) is 5.91 Å². The van der Waals surface area contributed by atoms with Crippen molar-refractivity contribution < 1.29 is 4.79 Å². The number of nitrogens with one attached hydrogen (secondary N) is 1. The minimum atomic E-state index is -0.0168. The number of hydrogen-bond donors (Lipinski definition) is 1. The molecule has 0 aliphatic carbocycles. The Bertz CT molecular complexity index is 811. The zero-order valence-corrected chi connectivity index (χ0v) is 14.4. The molecule has 0 fully saturated rings. The fourth-order valence-corrected chi connectivity index (χ4v) is 3.65. The first-order chi connectivity index (χ1) is 11.1. The fraction of sp³-hybridized carbons (Fsp3) is 0.222. The zero-order chi connectivity index (χ0) is 16.2. The summed E-state index contributed by atoms with van der Waals surface area (Å²) in [4.78, 5) is 16.6. The first-order valence-electron chi connectivity index (χ1n) is 7.52. The van der Waals surface area contributed by atoms with E-state index in [1.165, 1.54) is 4.70 Å². The molecule has 0 aliphatic heterocycles. The highest BCUT2D eigenvalue weighted by Crippen LogP contribution is 2.24. The van der Waals surface area contributed by atoms with Gasteiger partial charge in [-0.3, -0.25) is 4.79 Å². The molecule has 5 heteroatoms. The van der Waals surface area contributed by atoms with Crippen molar-refractivity contribution in [1.82, 2.24) is 4.98 Å². The highest BCUT2D eigenvalue weighted by molar-refractivity contribution is 7.18. The molecule has 0 bridgehead atoms. The molecule has 1 amide bonds. The summed E-state index contributed by atoms with van der Waals surface area (Å²) in [5.74, 6) is -0.0168. The van der Waals surface area contributed by atoms with Crippen LogP contribution >= 0.6 is 22.9 Å². The van der Waals surface area contributed by atoms with Crippen molar-refractivity contribution in [2.45, 2.75) is 26.2 Å². The summed E-state index contributed by atoms with van der Waals surface area (Å²) in [6.45, 7) is 1.97. The first-order valence-corrected chi connectivity index (χ1v) is 8.72. The number of aromatic nitrogens is 1. The van der Waals surface area contributed by atoms with Crippen molar-refractivity contribution in [2.24, 2.45) is 0 Å². The monoisotopic (exact) mass is 344 g/mol. The van der Waals surface area contributed by atoms with Crippen molar-refractivity contribution >= 4 is 44.7 Å². The van der Waals surface area contributed by atoms with Gasteiger partial charge in [0.05, 0.1) is 25.9 Å². The van der Waals surface area contributed by atoms with E-state index < -0.39 is 0 Å². The molecule has 0 saturated carbocycles. The number of carbonyl (C=O) groups is 1. The van der Waals surface area contributed by atoms with Crippen LogP contribution in [0.3, 0.4) is 0 Å². The van der Waals surface area contributed by atoms with Gasteiger partial charge in [-0.15, -0.1) is 11.3 Å². The molecular formula is C18H17ClN2OS. The van der Waals surface area contributed by atoms with Gasteiger partial charge in [0.15, 0.2) is 0 Å². The lowest BCUT2D eigenvalue weighted by Crippen LogP contribution is -2.11. The average molecular weight is 345 g/mol. The summed E-state index contributed by atoms with van der Waals surface area (Å²) in [7, 11) is 0. The van der Waals surface area contributed by atoms with Crippen molar-refractivity contribution in [3.8, 4) is 0 Å². The molecule has 0 spiro atoms. The number of para-hydroxylation sites is 1. The van der Waals surface area contributed by atoms with Gasteiger partial charge in [0, 0.05) is 6.42 Å². The second-order valence-electron chi connectivity index (χ2n) is 5.46. The third-order valence-electron chi connectivity index (χ3n) is 3.53. The van der Waals surface area contributed by atoms with Crippen LogP contribution in [-0.4, -0.2) is 10.9 Å². The second-order valence-corrected chi connectivity index (χ2v) is 6.98. The standard InChI is InChI=1S/C18H17ClN2OS/c1-12-9-10-14(13(19)11-12)20-17(22)7-4-8-18-21-15-5-2-3-6-16(15)23-18/h2-3,5-6,9-11H,4,7-8H2,1H3,(H,20,22). The predicted molar refractivity (Wildman–Crippen MR) is 97.4 cm³/mol. The Morgan fingerprint density at radius 2 is 2.09 bits per heavy atom. The topological polar surface area (TPSA) is 42.0 Å². The molecule has 0 radical (unpaired) electrons. The second kappa shape index (κ2) is 7.11. The maximum atomic E-state index is 12.0. The van der Waals surface area contributed by atoms with E-state index in [4.69, 9.17) is 11.6 Å². The number of nitrogens with zero attached hydrogens (tertiary/aromatic N) is 1. The number of amides is 1. The Labute approximate surface area is 144 Å². The van der Waals surface area contributed by atoms with Crippen molar-refractivity contribution in [1.29, 1.82) is 0 Å². The highest BCUT2D eigenvalue weighted by Gasteiger charge is 2.08. The van der Waals surface area contributed by atoms with E-state index in [0.717, 1.165) is 28.9 Å². The fourth-order valence-electron chi connectivity index (χ4n) is 2.36. The minimum Gasteiger partial charge on any atom is -0.325 e. The van der Waals surface area contributed by atoms with Crippen LogP contribution in [0.15, 0.2) is 42.5 Å². The Morgan fingerprint density at radius 3 is 2.87 bits per heavy atom. The molecule has 2 aromatic carbocycles. The van der Waals surface area contributed by atoms with Gasteiger partial charge in [-0.1, -0.05) is 29.8 Å². The first kappa shape index (κ1) is 16.0. The van der Waals surface area contributed by atoms with Crippen LogP contribution in [-0.2, 0) is 11.2 Å². The zero-order valence-electron chi connectivity index (χ0n) is 12.8. The quantitative estimate of drug-likeness (QED) is 0.689. The lowest BCUT2D eigenvalue weighted by atomic mass is 10.2.